The van der Waals surface area contributed by atoms with Crippen LogP contribution in [0.15, 0.2) is 36.4 Å². The molecule has 2 saturated heterocycles. The van der Waals surface area contributed by atoms with Gasteiger partial charge in [-0.1, -0.05) is 24.3 Å². The van der Waals surface area contributed by atoms with Gasteiger partial charge in [0.2, 0.25) is 5.91 Å². The smallest absolute Gasteiger partial charge is 0.272 e. The predicted octanol–water partition coefficient (Wildman–Crippen LogP) is 1.36. The molecule has 4 rings (SSSR count). The Morgan fingerprint density at radius 1 is 0.931 bits per heavy atom. The topological polar surface area (TPSA) is 77.0 Å². The number of carbonyl (C=O) groups is 2. The number of benzene rings is 1. The number of piperazine rings is 1. The maximum atomic E-state index is 13.0. The Hall–Kier alpha value is -2.51. The molecule has 0 aliphatic carbocycles. The maximum Gasteiger partial charge on any atom is 0.272 e. The van der Waals surface area contributed by atoms with E-state index in [-0.39, 0.29) is 17.9 Å². The number of pyridine rings is 1. The first-order valence-electron chi connectivity index (χ1n) is 10.4. The van der Waals surface area contributed by atoms with Crippen molar-refractivity contribution < 1.29 is 14.7 Å². The van der Waals surface area contributed by atoms with Gasteiger partial charge in [-0.15, -0.1) is 0 Å². The number of nitrogens with zero attached hydrogens (tertiary/aromatic N) is 4. The highest BCUT2D eigenvalue weighted by Crippen LogP contribution is 2.21. The van der Waals surface area contributed by atoms with Gasteiger partial charge in [0.15, 0.2) is 0 Å². The highest BCUT2D eigenvalue weighted by molar-refractivity contribution is 5.94. The van der Waals surface area contributed by atoms with Crippen LogP contribution in [0.4, 0.5) is 0 Å². The quantitative estimate of drug-likeness (QED) is 0.830. The van der Waals surface area contributed by atoms with E-state index < -0.39 is 6.10 Å². The standard InChI is InChI=1S/C22H28N4O3/c1-16(27)24-12-14-25(15-13-24)20-8-10-26(11-9-21(20)28)22(29)19-7-6-17-4-2-3-5-18(17)23-19/h2-7,20-21,28H,8-15H2,1H3/t20-,21-/m0/s1. The number of aliphatic hydroxyl groups excluding tert-OH is 1. The van der Waals surface area contributed by atoms with Crippen molar-refractivity contribution in [3.8, 4) is 0 Å². The van der Waals surface area contributed by atoms with Gasteiger partial charge in [-0.2, -0.15) is 0 Å². The summed E-state index contributed by atoms with van der Waals surface area (Å²) < 4.78 is 0. The Balaban J connectivity index is 1.42. The first-order valence-corrected chi connectivity index (χ1v) is 10.4. The Morgan fingerprint density at radius 2 is 1.66 bits per heavy atom. The first kappa shape index (κ1) is 19.8. The number of hydrogen-bond acceptors (Lipinski definition) is 5. The zero-order chi connectivity index (χ0) is 20.4. The van der Waals surface area contributed by atoms with Crippen LogP contribution in [0, 0.1) is 0 Å². The molecule has 1 N–H and O–H groups in total. The number of fused-ring (bicyclic) bond motifs is 1. The van der Waals surface area contributed by atoms with Crippen molar-refractivity contribution in [3.05, 3.63) is 42.1 Å². The van der Waals surface area contributed by atoms with Crippen LogP contribution in [0.25, 0.3) is 10.9 Å². The number of para-hydroxylation sites is 1. The number of rotatable bonds is 2. The molecule has 2 fully saturated rings. The number of carbonyl (C=O) groups excluding carboxylic acids is 2. The van der Waals surface area contributed by atoms with Crippen molar-refractivity contribution >= 4 is 22.7 Å². The fourth-order valence-corrected chi connectivity index (χ4v) is 4.42. The molecular formula is C22H28N4O3. The highest BCUT2D eigenvalue weighted by Gasteiger charge is 2.33. The van der Waals surface area contributed by atoms with E-state index in [1.165, 1.54) is 0 Å². The summed E-state index contributed by atoms with van der Waals surface area (Å²) in [6.45, 7) is 5.65. The first-order chi connectivity index (χ1) is 14.0. The summed E-state index contributed by atoms with van der Waals surface area (Å²) in [4.78, 5) is 35.0. The van der Waals surface area contributed by atoms with Crippen LogP contribution in [0.2, 0.25) is 0 Å². The van der Waals surface area contributed by atoms with Gasteiger partial charge >= 0.3 is 0 Å². The molecule has 2 aliphatic rings. The van der Waals surface area contributed by atoms with Crippen LogP contribution in [0.1, 0.15) is 30.3 Å². The molecule has 3 heterocycles. The Morgan fingerprint density at radius 3 is 2.41 bits per heavy atom. The van der Waals surface area contributed by atoms with Crippen LogP contribution in [-0.4, -0.2) is 88.0 Å². The molecule has 0 unspecified atom stereocenters. The number of amides is 2. The van der Waals surface area contributed by atoms with E-state index in [0.29, 0.717) is 38.3 Å². The molecule has 29 heavy (non-hydrogen) atoms. The SMILES string of the molecule is CC(=O)N1CCN([C@H]2CCN(C(=O)c3ccc4ccccc4n3)CC[C@@H]2O)CC1. The summed E-state index contributed by atoms with van der Waals surface area (Å²) in [5.74, 6) is 0.0238. The van der Waals surface area contributed by atoms with E-state index in [4.69, 9.17) is 0 Å². The summed E-state index contributed by atoms with van der Waals surface area (Å²) in [6.07, 6.45) is 0.804. The molecule has 2 aromatic rings. The molecule has 7 nitrogen and oxygen atoms in total. The molecule has 0 bridgehead atoms. The van der Waals surface area contributed by atoms with Crippen molar-refractivity contribution in [2.75, 3.05) is 39.3 Å². The fourth-order valence-electron chi connectivity index (χ4n) is 4.42. The van der Waals surface area contributed by atoms with E-state index in [9.17, 15) is 14.7 Å². The summed E-state index contributed by atoms with van der Waals surface area (Å²) in [5, 5.41) is 11.7. The zero-order valence-corrected chi connectivity index (χ0v) is 16.8. The van der Waals surface area contributed by atoms with E-state index in [0.717, 1.165) is 30.4 Å². The molecule has 154 valence electrons. The maximum absolute atomic E-state index is 13.0. The van der Waals surface area contributed by atoms with Gasteiger partial charge in [-0.25, -0.2) is 4.98 Å². The van der Waals surface area contributed by atoms with Gasteiger partial charge in [0.1, 0.15) is 5.69 Å². The fraction of sp³-hybridized carbons (Fsp3) is 0.500. The summed E-state index contributed by atoms with van der Waals surface area (Å²) in [5.41, 5.74) is 1.26. The number of likely N-dealkylation sites (tertiary alicyclic amines) is 1. The summed E-state index contributed by atoms with van der Waals surface area (Å²) in [6, 6.07) is 11.5. The molecule has 2 aliphatic heterocycles. The molecule has 0 radical (unpaired) electrons. The van der Waals surface area contributed by atoms with E-state index in [2.05, 4.69) is 9.88 Å². The summed E-state index contributed by atoms with van der Waals surface area (Å²) in [7, 11) is 0. The van der Waals surface area contributed by atoms with Crippen LogP contribution in [0.3, 0.4) is 0 Å². The Bertz CT molecular complexity index is 895. The predicted molar refractivity (Wildman–Crippen MR) is 111 cm³/mol. The van der Waals surface area contributed by atoms with Crippen molar-refractivity contribution in [2.24, 2.45) is 0 Å². The van der Waals surface area contributed by atoms with Gasteiger partial charge in [-0.05, 0) is 25.0 Å². The van der Waals surface area contributed by atoms with Gasteiger partial charge < -0.3 is 14.9 Å². The lowest BCUT2D eigenvalue weighted by Gasteiger charge is -2.40. The van der Waals surface area contributed by atoms with Gasteiger partial charge in [-0.3, -0.25) is 14.5 Å². The van der Waals surface area contributed by atoms with Crippen molar-refractivity contribution in [2.45, 2.75) is 31.9 Å². The normalized spacial score (nSPS) is 23.8. The molecule has 0 saturated carbocycles. The van der Waals surface area contributed by atoms with Crippen molar-refractivity contribution in [1.82, 2.24) is 19.7 Å². The van der Waals surface area contributed by atoms with E-state index in [1.54, 1.807) is 13.0 Å². The molecule has 7 heteroatoms. The Labute approximate surface area is 170 Å². The third-order valence-electron chi connectivity index (χ3n) is 6.17. The highest BCUT2D eigenvalue weighted by atomic mass is 16.3. The lowest BCUT2D eigenvalue weighted by Crippen LogP contribution is -2.54. The number of hydrogen-bond donors (Lipinski definition) is 1. The van der Waals surface area contributed by atoms with Crippen LogP contribution in [0.5, 0.6) is 0 Å². The molecule has 1 aromatic carbocycles. The zero-order valence-electron chi connectivity index (χ0n) is 16.8. The van der Waals surface area contributed by atoms with Crippen molar-refractivity contribution in [1.29, 1.82) is 0 Å². The minimum Gasteiger partial charge on any atom is -0.391 e. The van der Waals surface area contributed by atoms with Crippen LogP contribution < -0.4 is 0 Å². The second-order valence-electron chi connectivity index (χ2n) is 7.94. The van der Waals surface area contributed by atoms with Crippen LogP contribution in [-0.2, 0) is 4.79 Å². The van der Waals surface area contributed by atoms with E-state index >= 15 is 0 Å². The average Bonchev–Trinajstić information content (AvgIpc) is 2.94. The van der Waals surface area contributed by atoms with Gasteiger partial charge in [0, 0.05) is 57.6 Å². The lowest BCUT2D eigenvalue weighted by atomic mass is 10.0. The third kappa shape index (κ3) is 4.26. The number of aromatic nitrogens is 1. The molecule has 0 spiro atoms. The number of aliphatic hydroxyl groups is 1. The second kappa shape index (κ2) is 8.47. The Kier molecular flexibility index (Phi) is 5.78. The van der Waals surface area contributed by atoms with Gasteiger partial charge in [0.25, 0.3) is 5.91 Å². The second-order valence-corrected chi connectivity index (χ2v) is 7.94. The minimum atomic E-state index is -0.471. The van der Waals surface area contributed by atoms with Gasteiger partial charge in [0.05, 0.1) is 11.6 Å². The average molecular weight is 396 g/mol. The monoisotopic (exact) mass is 396 g/mol. The largest absolute Gasteiger partial charge is 0.391 e. The lowest BCUT2D eigenvalue weighted by molar-refractivity contribution is -0.131. The minimum absolute atomic E-state index is 0.0199. The molecular weight excluding hydrogens is 368 g/mol. The molecule has 2 amide bonds. The third-order valence-corrected chi connectivity index (χ3v) is 6.17. The van der Waals surface area contributed by atoms with Crippen LogP contribution >= 0.6 is 0 Å². The molecule has 2 atom stereocenters. The molecule has 1 aromatic heterocycles. The van der Waals surface area contributed by atoms with E-state index in [1.807, 2.05) is 40.1 Å². The summed E-state index contributed by atoms with van der Waals surface area (Å²) >= 11 is 0. The van der Waals surface area contributed by atoms with Crippen molar-refractivity contribution in [3.63, 3.8) is 0 Å².